The largest absolute Gasteiger partial charge is 0.496 e. The first-order chi connectivity index (χ1) is 14.6. The maximum absolute atomic E-state index is 13.0. The molecule has 158 valence electrons. The fraction of sp³-hybridized carbons (Fsp3) is 0.520. The third kappa shape index (κ3) is 3.44. The van der Waals surface area contributed by atoms with Gasteiger partial charge in [-0.2, -0.15) is 0 Å². The van der Waals surface area contributed by atoms with Crippen molar-refractivity contribution in [3.63, 3.8) is 0 Å². The summed E-state index contributed by atoms with van der Waals surface area (Å²) in [6.07, 6.45) is 6.96. The third-order valence-corrected chi connectivity index (χ3v) is 7.61. The van der Waals surface area contributed by atoms with Crippen molar-refractivity contribution in [3.05, 3.63) is 42.0 Å². The van der Waals surface area contributed by atoms with E-state index in [0.717, 1.165) is 59.1 Å². The Bertz CT molecular complexity index is 948. The zero-order chi connectivity index (χ0) is 20.7. The molecular formula is C25H30N2O3. The van der Waals surface area contributed by atoms with Crippen LogP contribution in [-0.2, 0) is 16.1 Å². The molecule has 30 heavy (non-hydrogen) atoms. The minimum atomic E-state index is -0.214. The van der Waals surface area contributed by atoms with Gasteiger partial charge >= 0.3 is 0 Å². The molecule has 4 saturated carbocycles. The summed E-state index contributed by atoms with van der Waals surface area (Å²) < 4.78 is 5.50. The Labute approximate surface area is 177 Å². The van der Waals surface area contributed by atoms with E-state index in [2.05, 4.69) is 10.6 Å². The van der Waals surface area contributed by atoms with E-state index >= 15 is 0 Å². The quantitative estimate of drug-likeness (QED) is 0.767. The summed E-state index contributed by atoms with van der Waals surface area (Å²) in [6.45, 7) is 0.407. The van der Waals surface area contributed by atoms with Gasteiger partial charge in [-0.05, 0) is 73.1 Å². The van der Waals surface area contributed by atoms with Crippen molar-refractivity contribution in [2.75, 3.05) is 13.7 Å². The molecule has 0 saturated heterocycles. The van der Waals surface area contributed by atoms with Gasteiger partial charge in [-0.15, -0.1) is 0 Å². The molecule has 2 aromatic carbocycles. The van der Waals surface area contributed by atoms with E-state index in [1.165, 1.54) is 19.3 Å². The van der Waals surface area contributed by atoms with Crippen LogP contribution in [-0.4, -0.2) is 25.5 Å². The Kier molecular flexibility index (Phi) is 4.92. The number of fused-ring (bicyclic) bond motifs is 1. The van der Waals surface area contributed by atoms with E-state index in [4.69, 9.17) is 4.74 Å². The zero-order valence-corrected chi connectivity index (χ0v) is 17.6. The maximum Gasteiger partial charge on any atom is 0.239 e. The van der Waals surface area contributed by atoms with E-state index in [0.29, 0.717) is 6.54 Å². The van der Waals surface area contributed by atoms with Crippen LogP contribution in [0.5, 0.6) is 5.75 Å². The SMILES string of the molecule is COc1ccc2ccccc2c1CNC(=O)CNC(=O)C12CC3CC(CC(C3)C1)C2. The highest BCUT2D eigenvalue weighted by molar-refractivity contribution is 5.90. The molecule has 4 aliphatic rings. The summed E-state index contributed by atoms with van der Waals surface area (Å²) in [5, 5.41) is 8.09. The number of methoxy groups -OCH3 is 1. The van der Waals surface area contributed by atoms with Crippen molar-refractivity contribution in [1.82, 2.24) is 10.6 Å². The summed E-state index contributed by atoms with van der Waals surface area (Å²) >= 11 is 0. The molecule has 2 N–H and O–H groups in total. The van der Waals surface area contributed by atoms with Gasteiger partial charge in [-0.3, -0.25) is 9.59 Å². The summed E-state index contributed by atoms with van der Waals surface area (Å²) in [4.78, 5) is 25.6. The van der Waals surface area contributed by atoms with Crippen LogP contribution in [0.1, 0.15) is 44.1 Å². The lowest BCUT2D eigenvalue weighted by molar-refractivity contribution is -0.147. The molecule has 0 radical (unpaired) electrons. The van der Waals surface area contributed by atoms with Crippen LogP contribution in [0.2, 0.25) is 0 Å². The van der Waals surface area contributed by atoms with Crippen molar-refractivity contribution in [2.45, 2.75) is 45.1 Å². The Morgan fingerprint density at radius 2 is 1.63 bits per heavy atom. The van der Waals surface area contributed by atoms with Crippen LogP contribution in [0.15, 0.2) is 36.4 Å². The third-order valence-electron chi connectivity index (χ3n) is 7.61. The molecule has 4 fully saturated rings. The van der Waals surface area contributed by atoms with Crippen molar-refractivity contribution in [3.8, 4) is 5.75 Å². The molecule has 2 aromatic rings. The Morgan fingerprint density at radius 1 is 0.967 bits per heavy atom. The Balaban J connectivity index is 1.21. The first kappa shape index (κ1) is 19.4. The first-order valence-electron chi connectivity index (χ1n) is 11.2. The maximum atomic E-state index is 13.0. The van der Waals surface area contributed by atoms with Gasteiger partial charge in [-0.1, -0.05) is 30.3 Å². The van der Waals surface area contributed by atoms with E-state index in [1.54, 1.807) is 7.11 Å². The topological polar surface area (TPSA) is 67.4 Å². The molecule has 0 aromatic heterocycles. The highest BCUT2D eigenvalue weighted by Crippen LogP contribution is 2.60. The number of nitrogens with one attached hydrogen (secondary N) is 2. The van der Waals surface area contributed by atoms with Gasteiger partial charge < -0.3 is 15.4 Å². The number of carbonyl (C=O) groups excluding carboxylic acids is 2. The van der Waals surface area contributed by atoms with Gasteiger partial charge in [0, 0.05) is 17.5 Å². The lowest BCUT2D eigenvalue weighted by atomic mass is 9.49. The lowest BCUT2D eigenvalue weighted by Gasteiger charge is -2.55. The molecule has 6 rings (SSSR count). The van der Waals surface area contributed by atoms with Crippen LogP contribution in [0.3, 0.4) is 0 Å². The minimum absolute atomic E-state index is 0.0354. The van der Waals surface area contributed by atoms with Gasteiger partial charge in [0.25, 0.3) is 0 Å². The highest BCUT2D eigenvalue weighted by Gasteiger charge is 2.54. The van der Waals surface area contributed by atoms with E-state index < -0.39 is 0 Å². The summed E-state index contributed by atoms with van der Waals surface area (Å²) in [7, 11) is 1.64. The molecule has 0 spiro atoms. The smallest absolute Gasteiger partial charge is 0.239 e. The molecule has 0 heterocycles. The molecule has 4 bridgehead atoms. The fourth-order valence-electron chi connectivity index (χ4n) is 6.68. The van der Waals surface area contributed by atoms with Crippen LogP contribution in [0, 0.1) is 23.2 Å². The number of benzene rings is 2. The number of ether oxygens (including phenoxy) is 1. The predicted octanol–water partition coefficient (Wildman–Crippen LogP) is 3.80. The van der Waals surface area contributed by atoms with E-state index in [1.807, 2.05) is 36.4 Å². The molecule has 4 aliphatic carbocycles. The first-order valence-corrected chi connectivity index (χ1v) is 11.2. The van der Waals surface area contributed by atoms with Gasteiger partial charge in [0.15, 0.2) is 0 Å². The summed E-state index contributed by atoms with van der Waals surface area (Å²) in [5.41, 5.74) is 0.741. The van der Waals surface area contributed by atoms with Crippen LogP contribution >= 0.6 is 0 Å². The standard InChI is InChI=1S/C25H30N2O3/c1-30-22-7-6-19-4-2-3-5-20(19)21(22)14-26-23(28)15-27-24(29)25-11-16-8-17(12-25)10-18(9-16)13-25/h2-7,16-18H,8-15H2,1H3,(H,26,28)(H,27,29). The van der Waals surface area contributed by atoms with Crippen LogP contribution in [0.4, 0.5) is 0 Å². The molecule has 5 heteroatoms. The van der Waals surface area contributed by atoms with Crippen molar-refractivity contribution in [1.29, 1.82) is 0 Å². The number of carbonyl (C=O) groups is 2. The van der Waals surface area contributed by atoms with E-state index in [9.17, 15) is 9.59 Å². The van der Waals surface area contributed by atoms with Crippen molar-refractivity contribution >= 4 is 22.6 Å². The second-order valence-electron chi connectivity index (χ2n) is 9.62. The van der Waals surface area contributed by atoms with Gasteiger partial charge in [-0.25, -0.2) is 0 Å². The second kappa shape index (κ2) is 7.60. The zero-order valence-electron chi connectivity index (χ0n) is 17.6. The molecule has 0 atom stereocenters. The average Bonchev–Trinajstić information content (AvgIpc) is 2.74. The summed E-state index contributed by atoms with van der Waals surface area (Å²) in [6, 6.07) is 12.0. The predicted molar refractivity (Wildman–Crippen MR) is 116 cm³/mol. The summed E-state index contributed by atoms with van der Waals surface area (Å²) in [5.74, 6) is 2.84. The van der Waals surface area contributed by atoms with Gasteiger partial charge in [0.2, 0.25) is 11.8 Å². The van der Waals surface area contributed by atoms with Crippen molar-refractivity contribution in [2.24, 2.45) is 23.2 Å². The minimum Gasteiger partial charge on any atom is -0.496 e. The molecule has 5 nitrogen and oxygen atoms in total. The number of rotatable bonds is 6. The van der Waals surface area contributed by atoms with Crippen LogP contribution in [0.25, 0.3) is 10.8 Å². The van der Waals surface area contributed by atoms with Crippen molar-refractivity contribution < 1.29 is 14.3 Å². The van der Waals surface area contributed by atoms with Gasteiger partial charge in [0.05, 0.1) is 13.7 Å². The normalized spacial score (nSPS) is 29.0. The molecular weight excluding hydrogens is 376 g/mol. The molecule has 0 aliphatic heterocycles. The molecule has 0 unspecified atom stereocenters. The average molecular weight is 407 g/mol. The Morgan fingerprint density at radius 3 is 2.30 bits per heavy atom. The molecule has 2 amide bonds. The van der Waals surface area contributed by atoms with Crippen LogP contribution < -0.4 is 15.4 Å². The second-order valence-corrected chi connectivity index (χ2v) is 9.62. The fourth-order valence-corrected chi connectivity index (χ4v) is 6.68. The lowest BCUT2D eigenvalue weighted by Crippen LogP contribution is -2.54. The van der Waals surface area contributed by atoms with E-state index in [-0.39, 0.29) is 23.8 Å². The van der Waals surface area contributed by atoms with Gasteiger partial charge in [0.1, 0.15) is 5.75 Å². The number of hydrogen-bond donors (Lipinski definition) is 2. The number of hydrogen-bond acceptors (Lipinski definition) is 3. The highest BCUT2D eigenvalue weighted by atomic mass is 16.5. The Hall–Kier alpha value is -2.56. The number of amides is 2. The monoisotopic (exact) mass is 406 g/mol.